The Morgan fingerprint density at radius 3 is 1.95 bits per heavy atom. The maximum atomic E-state index is 11.4. The predicted molar refractivity (Wildman–Crippen MR) is 79.4 cm³/mol. The Labute approximate surface area is 120 Å². The molecule has 0 unspecified atom stereocenters. The van der Waals surface area contributed by atoms with Crippen molar-refractivity contribution in [3.05, 3.63) is 71.8 Å². The van der Waals surface area contributed by atoms with Gasteiger partial charge in [-0.05, 0) is 24.5 Å². The van der Waals surface area contributed by atoms with Crippen molar-refractivity contribution in [3.8, 4) is 0 Å². The van der Waals surface area contributed by atoms with Gasteiger partial charge in [0.2, 0.25) is 0 Å². The zero-order valence-electron chi connectivity index (χ0n) is 11.7. The van der Waals surface area contributed by atoms with E-state index in [0.717, 1.165) is 17.5 Å². The molecule has 0 saturated heterocycles. The number of ether oxygens (including phenoxy) is 1. The van der Waals surface area contributed by atoms with Gasteiger partial charge in [-0.15, -0.1) is 0 Å². The maximum absolute atomic E-state index is 11.4. The van der Waals surface area contributed by atoms with Crippen LogP contribution in [0.4, 0.5) is 0 Å². The third-order valence-corrected chi connectivity index (χ3v) is 4.08. The van der Waals surface area contributed by atoms with Gasteiger partial charge in [0.25, 0.3) is 0 Å². The highest BCUT2D eigenvalue weighted by atomic mass is 16.5. The Balaban J connectivity index is 2.01. The van der Waals surface area contributed by atoms with Gasteiger partial charge >= 0.3 is 0 Å². The summed E-state index contributed by atoms with van der Waals surface area (Å²) < 4.78 is 5.69. The van der Waals surface area contributed by atoms with Gasteiger partial charge in [0.05, 0.1) is 6.10 Å². The third-order valence-electron chi connectivity index (χ3n) is 4.08. The molecule has 0 radical (unpaired) electrons. The lowest BCUT2D eigenvalue weighted by Gasteiger charge is -2.30. The molecule has 1 aliphatic rings. The second-order valence-corrected chi connectivity index (χ2v) is 5.33. The van der Waals surface area contributed by atoms with Crippen molar-refractivity contribution in [2.24, 2.45) is 5.92 Å². The normalized spacial score (nSPS) is 21.7. The van der Waals surface area contributed by atoms with Crippen LogP contribution in [0, 0.1) is 5.92 Å². The van der Waals surface area contributed by atoms with Gasteiger partial charge in [-0.25, -0.2) is 0 Å². The second-order valence-electron chi connectivity index (χ2n) is 5.33. The Hall–Kier alpha value is -1.64. The molecule has 104 valence electrons. The molecule has 2 aromatic carbocycles. The first-order valence-electron chi connectivity index (χ1n) is 7.21. The van der Waals surface area contributed by atoms with Crippen LogP contribution in [0.5, 0.6) is 0 Å². The standard InChI is InChI=1S/C18H20O2/c1-2-20-17-13-16(17)18(19,14-9-5-3-6-10-14)15-11-7-4-8-12-15/h3-12,16-17,19H,2,13H2,1H3/t16-,17+/m1/s1. The molecular formula is C18H20O2. The first kappa shape index (κ1) is 13.3. The van der Waals surface area contributed by atoms with Gasteiger partial charge in [-0.3, -0.25) is 0 Å². The van der Waals surface area contributed by atoms with Crippen LogP contribution in [0.25, 0.3) is 0 Å². The topological polar surface area (TPSA) is 29.5 Å². The van der Waals surface area contributed by atoms with Crippen LogP contribution >= 0.6 is 0 Å². The zero-order chi connectivity index (χ0) is 14.0. The third kappa shape index (κ3) is 2.26. The van der Waals surface area contributed by atoms with Crippen LogP contribution in [0.3, 0.4) is 0 Å². The molecule has 1 fully saturated rings. The van der Waals surface area contributed by atoms with E-state index < -0.39 is 5.60 Å². The predicted octanol–water partition coefficient (Wildman–Crippen LogP) is 3.35. The van der Waals surface area contributed by atoms with E-state index in [1.807, 2.05) is 67.6 Å². The van der Waals surface area contributed by atoms with Crippen molar-refractivity contribution in [1.82, 2.24) is 0 Å². The van der Waals surface area contributed by atoms with E-state index in [2.05, 4.69) is 0 Å². The number of hydrogen-bond donors (Lipinski definition) is 1. The second kappa shape index (κ2) is 5.39. The van der Waals surface area contributed by atoms with Gasteiger partial charge in [0, 0.05) is 12.5 Å². The molecule has 2 heteroatoms. The maximum Gasteiger partial charge on any atom is 0.120 e. The molecule has 0 spiro atoms. The summed E-state index contributed by atoms with van der Waals surface area (Å²) in [6.45, 7) is 2.69. The summed E-state index contributed by atoms with van der Waals surface area (Å²) in [5.41, 5.74) is 0.930. The van der Waals surface area contributed by atoms with E-state index in [-0.39, 0.29) is 12.0 Å². The number of aliphatic hydroxyl groups is 1. The minimum absolute atomic E-state index is 0.132. The fourth-order valence-corrected chi connectivity index (χ4v) is 2.99. The molecule has 0 bridgehead atoms. The summed E-state index contributed by atoms with van der Waals surface area (Å²) in [4.78, 5) is 0. The summed E-state index contributed by atoms with van der Waals surface area (Å²) >= 11 is 0. The minimum Gasteiger partial charge on any atom is -0.380 e. The summed E-state index contributed by atoms with van der Waals surface area (Å²) in [5.74, 6) is 0.132. The van der Waals surface area contributed by atoms with Crippen molar-refractivity contribution < 1.29 is 9.84 Å². The van der Waals surface area contributed by atoms with Crippen LogP contribution in [-0.2, 0) is 10.3 Å². The lowest BCUT2D eigenvalue weighted by atomic mass is 9.82. The Kier molecular flexibility index (Phi) is 3.60. The van der Waals surface area contributed by atoms with Crippen LogP contribution in [0.15, 0.2) is 60.7 Å². The Morgan fingerprint density at radius 2 is 1.50 bits per heavy atom. The van der Waals surface area contributed by atoms with E-state index in [9.17, 15) is 5.11 Å². The van der Waals surface area contributed by atoms with E-state index in [1.54, 1.807) is 0 Å². The summed E-state index contributed by atoms with van der Waals surface area (Å²) in [6, 6.07) is 19.8. The summed E-state index contributed by atoms with van der Waals surface area (Å²) in [6.07, 6.45) is 1.07. The highest BCUT2D eigenvalue weighted by molar-refractivity contribution is 5.39. The van der Waals surface area contributed by atoms with E-state index in [0.29, 0.717) is 6.61 Å². The van der Waals surface area contributed by atoms with Crippen LogP contribution < -0.4 is 0 Å². The minimum atomic E-state index is -0.956. The van der Waals surface area contributed by atoms with Gasteiger partial charge in [-0.1, -0.05) is 60.7 Å². The van der Waals surface area contributed by atoms with E-state index >= 15 is 0 Å². The molecule has 2 aromatic rings. The molecule has 1 aliphatic carbocycles. The number of benzene rings is 2. The first-order valence-corrected chi connectivity index (χ1v) is 7.21. The highest BCUT2D eigenvalue weighted by Gasteiger charge is 2.54. The van der Waals surface area contributed by atoms with Crippen molar-refractivity contribution in [3.63, 3.8) is 0 Å². The fraction of sp³-hybridized carbons (Fsp3) is 0.333. The molecule has 0 heterocycles. The van der Waals surface area contributed by atoms with Crippen molar-refractivity contribution in [2.75, 3.05) is 6.61 Å². The number of rotatable bonds is 5. The van der Waals surface area contributed by atoms with Gasteiger partial charge in [0.15, 0.2) is 0 Å². The fourth-order valence-electron chi connectivity index (χ4n) is 2.99. The molecule has 2 nitrogen and oxygen atoms in total. The summed E-state index contributed by atoms with van der Waals surface area (Å²) in [5, 5.41) is 11.4. The SMILES string of the molecule is CCO[C@H]1C[C@H]1C(O)(c1ccccc1)c1ccccc1. The monoisotopic (exact) mass is 268 g/mol. The first-order chi connectivity index (χ1) is 9.76. The van der Waals surface area contributed by atoms with Crippen LogP contribution in [0.1, 0.15) is 24.5 Å². The lowest BCUT2D eigenvalue weighted by molar-refractivity contribution is 0.0217. The van der Waals surface area contributed by atoms with Crippen LogP contribution in [0.2, 0.25) is 0 Å². The lowest BCUT2D eigenvalue weighted by Crippen LogP contribution is -2.31. The number of hydrogen-bond acceptors (Lipinski definition) is 2. The van der Waals surface area contributed by atoms with Crippen LogP contribution in [-0.4, -0.2) is 17.8 Å². The zero-order valence-corrected chi connectivity index (χ0v) is 11.7. The van der Waals surface area contributed by atoms with Gasteiger partial charge in [0.1, 0.15) is 5.60 Å². The molecule has 3 rings (SSSR count). The molecule has 20 heavy (non-hydrogen) atoms. The van der Waals surface area contributed by atoms with Crippen molar-refractivity contribution in [2.45, 2.75) is 25.0 Å². The van der Waals surface area contributed by atoms with E-state index in [1.165, 1.54) is 0 Å². The Bertz CT molecular complexity index is 511. The highest BCUT2D eigenvalue weighted by Crippen LogP contribution is 2.51. The largest absolute Gasteiger partial charge is 0.380 e. The molecule has 0 aromatic heterocycles. The molecule has 2 atom stereocenters. The Morgan fingerprint density at radius 1 is 1.00 bits per heavy atom. The molecule has 1 N–H and O–H groups in total. The molecule has 0 aliphatic heterocycles. The van der Waals surface area contributed by atoms with E-state index in [4.69, 9.17) is 4.74 Å². The molecule has 0 amide bonds. The summed E-state index contributed by atoms with van der Waals surface area (Å²) in [7, 11) is 0. The quantitative estimate of drug-likeness (QED) is 0.901. The molecule has 1 saturated carbocycles. The van der Waals surface area contributed by atoms with Gasteiger partial charge < -0.3 is 9.84 Å². The van der Waals surface area contributed by atoms with Gasteiger partial charge in [-0.2, -0.15) is 0 Å². The smallest absolute Gasteiger partial charge is 0.120 e. The molecular weight excluding hydrogens is 248 g/mol. The average molecular weight is 268 g/mol. The average Bonchev–Trinajstić information content (AvgIpc) is 3.28. The van der Waals surface area contributed by atoms with Crippen molar-refractivity contribution in [1.29, 1.82) is 0 Å². The van der Waals surface area contributed by atoms with Crippen molar-refractivity contribution >= 4 is 0 Å².